The summed E-state index contributed by atoms with van der Waals surface area (Å²) >= 11 is 0. The molecule has 13 heavy (non-hydrogen) atoms. The average Bonchev–Trinajstić information content (AvgIpc) is 2.47. The molecular formula is C11H24N2. The van der Waals surface area contributed by atoms with Crippen LogP contribution in [-0.4, -0.2) is 19.1 Å². The third-order valence-corrected chi connectivity index (χ3v) is 3.14. The Morgan fingerprint density at radius 1 is 1.38 bits per heavy atom. The molecule has 1 unspecified atom stereocenters. The highest BCUT2D eigenvalue weighted by Crippen LogP contribution is 2.36. The number of hydrogen-bond acceptors (Lipinski definition) is 2. The minimum atomic E-state index is 0.337. The Balaban J connectivity index is 2.04. The molecule has 2 nitrogen and oxygen atoms in total. The van der Waals surface area contributed by atoms with Gasteiger partial charge in [-0.2, -0.15) is 0 Å². The minimum Gasteiger partial charge on any atom is -0.328 e. The Kier molecular flexibility index (Phi) is 4.20. The lowest BCUT2D eigenvalue weighted by Gasteiger charge is -2.24. The predicted octanol–water partition coefficient (Wildman–Crippen LogP) is 1.89. The van der Waals surface area contributed by atoms with Gasteiger partial charge >= 0.3 is 0 Å². The molecule has 78 valence electrons. The molecule has 1 rings (SSSR count). The van der Waals surface area contributed by atoms with E-state index in [0.717, 1.165) is 13.0 Å². The molecule has 0 amide bonds. The number of hydrogen-bond donors (Lipinski definition) is 2. The van der Waals surface area contributed by atoms with E-state index < -0.39 is 0 Å². The first-order valence-corrected chi connectivity index (χ1v) is 5.59. The molecule has 2 heteroatoms. The molecule has 0 bridgehead atoms. The SMILES string of the molecule is CC(N)CCNCC1(C)CCCC1. The molecule has 0 aliphatic heterocycles. The van der Waals surface area contributed by atoms with Crippen molar-refractivity contribution in [2.45, 2.75) is 52.0 Å². The van der Waals surface area contributed by atoms with E-state index in [-0.39, 0.29) is 0 Å². The Morgan fingerprint density at radius 3 is 2.54 bits per heavy atom. The summed E-state index contributed by atoms with van der Waals surface area (Å²) in [5, 5.41) is 3.52. The molecule has 0 saturated heterocycles. The van der Waals surface area contributed by atoms with Crippen molar-refractivity contribution in [1.29, 1.82) is 0 Å². The van der Waals surface area contributed by atoms with Crippen molar-refractivity contribution in [2.24, 2.45) is 11.1 Å². The summed E-state index contributed by atoms with van der Waals surface area (Å²) in [5.41, 5.74) is 6.26. The second kappa shape index (κ2) is 4.97. The molecule has 1 aliphatic carbocycles. The highest BCUT2D eigenvalue weighted by atomic mass is 14.9. The van der Waals surface area contributed by atoms with E-state index >= 15 is 0 Å². The van der Waals surface area contributed by atoms with Crippen LogP contribution in [-0.2, 0) is 0 Å². The van der Waals surface area contributed by atoms with Crippen LogP contribution in [0.5, 0.6) is 0 Å². The molecule has 3 N–H and O–H groups in total. The van der Waals surface area contributed by atoms with Gasteiger partial charge in [0.2, 0.25) is 0 Å². The van der Waals surface area contributed by atoms with Crippen molar-refractivity contribution in [1.82, 2.24) is 5.32 Å². The van der Waals surface area contributed by atoms with Crippen LogP contribution in [0.4, 0.5) is 0 Å². The number of rotatable bonds is 5. The second-order valence-electron chi connectivity index (χ2n) is 4.96. The van der Waals surface area contributed by atoms with Gasteiger partial charge in [-0.05, 0) is 38.1 Å². The molecule has 0 aromatic carbocycles. The van der Waals surface area contributed by atoms with Crippen LogP contribution in [0.1, 0.15) is 46.0 Å². The lowest BCUT2D eigenvalue weighted by molar-refractivity contribution is 0.314. The molecule has 1 fully saturated rings. The van der Waals surface area contributed by atoms with Gasteiger partial charge in [0.15, 0.2) is 0 Å². The quantitative estimate of drug-likeness (QED) is 0.640. The van der Waals surface area contributed by atoms with Gasteiger partial charge in [0.05, 0.1) is 0 Å². The molecule has 0 aromatic heterocycles. The molecular weight excluding hydrogens is 160 g/mol. The third-order valence-electron chi connectivity index (χ3n) is 3.14. The van der Waals surface area contributed by atoms with Gasteiger partial charge < -0.3 is 11.1 Å². The molecule has 1 aliphatic rings. The van der Waals surface area contributed by atoms with Gasteiger partial charge in [0, 0.05) is 12.6 Å². The van der Waals surface area contributed by atoms with Crippen molar-refractivity contribution in [3.8, 4) is 0 Å². The fourth-order valence-electron chi connectivity index (χ4n) is 2.13. The summed E-state index contributed by atoms with van der Waals surface area (Å²) in [5.74, 6) is 0. The van der Waals surface area contributed by atoms with Crippen molar-refractivity contribution in [3.05, 3.63) is 0 Å². The first-order valence-electron chi connectivity index (χ1n) is 5.59. The third kappa shape index (κ3) is 4.10. The zero-order valence-corrected chi connectivity index (χ0v) is 9.10. The van der Waals surface area contributed by atoms with Gasteiger partial charge in [0.1, 0.15) is 0 Å². The Hall–Kier alpha value is -0.0800. The Morgan fingerprint density at radius 2 is 2.00 bits per heavy atom. The highest BCUT2D eigenvalue weighted by Gasteiger charge is 2.27. The first-order chi connectivity index (χ1) is 6.12. The maximum absolute atomic E-state index is 5.68. The van der Waals surface area contributed by atoms with Gasteiger partial charge in [-0.15, -0.1) is 0 Å². The number of nitrogens with one attached hydrogen (secondary N) is 1. The Bertz CT molecular complexity index is 137. The van der Waals surface area contributed by atoms with E-state index in [1.165, 1.54) is 32.2 Å². The van der Waals surface area contributed by atoms with Crippen LogP contribution in [0.15, 0.2) is 0 Å². The van der Waals surface area contributed by atoms with Crippen molar-refractivity contribution in [3.63, 3.8) is 0 Å². The van der Waals surface area contributed by atoms with Crippen molar-refractivity contribution < 1.29 is 0 Å². The monoisotopic (exact) mass is 184 g/mol. The fourth-order valence-corrected chi connectivity index (χ4v) is 2.13. The van der Waals surface area contributed by atoms with E-state index in [0.29, 0.717) is 11.5 Å². The molecule has 1 saturated carbocycles. The van der Waals surface area contributed by atoms with Crippen LogP contribution in [0.25, 0.3) is 0 Å². The van der Waals surface area contributed by atoms with Gasteiger partial charge in [-0.1, -0.05) is 19.8 Å². The van der Waals surface area contributed by atoms with E-state index in [9.17, 15) is 0 Å². The summed E-state index contributed by atoms with van der Waals surface area (Å²) in [7, 11) is 0. The smallest absolute Gasteiger partial charge is 0.00225 e. The summed E-state index contributed by atoms with van der Waals surface area (Å²) in [6.45, 7) is 6.73. The first kappa shape index (κ1) is 11.0. The van der Waals surface area contributed by atoms with Crippen LogP contribution in [0.3, 0.4) is 0 Å². The van der Waals surface area contributed by atoms with E-state index in [4.69, 9.17) is 5.73 Å². The van der Waals surface area contributed by atoms with Crippen molar-refractivity contribution >= 4 is 0 Å². The zero-order chi connectivity index (χ0) is 9.73. The standard InChI is InChI=1S/C11H24N2/c1-10(12)5-8-13-9-11(2)6-3-4-7-11/h10,13H,3-9,12H2,1-2H3. The summed E-state index contributed by atoms with van der Waals surface area (Å²) in [6.07, 6.45) is 6.74. The lowest BCUT2D eigenvalue weighted by atomic mass is 9.89. The summed E-state index contributed by atoms with van der Waals surface area (Å²) in [4.78, 5) is 0. The number of nitrogens with two attached hydrogens (primary N) is 1. The predicted molar refractivity (Wildman–Crippen MR) is 57.7 cm³/mol. The fraction of sp³-hybridized carbons (Fsp3) is 1.00. The normalized spacial score (nSPS) is 23.3. The van der Waals surface area contributed by atoms with E-state index in [1.54, 1.807) is 0 Å². The van der Waals surface area contributed by atoms with E-state index in [1.807, 2.05) is 0 Å². The molecule has 1 atom stereocenters. The summed E-state index contributed by atoms with van der Waals surface area (Å²) in [6, 6.07) is 0.337. The molecule has 0 radical (unpaired) electrons. The minimum absolute atomic E-state index is 0.337. The summed E-state index contributed by atoms with van der Waals surface area (Å²) < 4.78 is 0. The van der Waals surface area contributed by atoms with Crippen molar-refractivity contribution in [2.75, 3.05) is 13.1 Å². The highest BCUT2D eigenvalue weighted by molar-refractivity contribution is 4.82. The van der Waals surface area contributed by atoms with Crippen LogP contribution < -0.4 is 11.1 Å². The molecule has 0 heterocycles. The maximum atomic E-state index is 5.68. The van der Waals surface area contributed by atoms with Gasteiger partial charge in [0.25, 0.3) is 0 Å². The van der Waals surface area contributed by atoms with Crippen LogP contribution in [0.2, 0.25) is 0 Å². The average molecular weight is 184 g/mol. The van der Waals surface area contributed by atoms with Crippen LogP contribution >= 0.6 is 0 Å². The topological polar surface area (TPSA) is 38.0 Å². The molecule has 0 spiro atoms. The lowest BCUT2D eigenvalue weighted by Crippen LogP contribution is -2.32. The van der Waals surface area contributed by atoms with Gasteiger partial charge in [-0.25, -0.2) is 0 Å². The van der Waals surface area contributed by atoms with E-state index in [2.05, 4.69) is 19.2 Å². The van der Waals surface area contributed by atoms with Crippen LogP contribution in [0, 0.1) is 5.41 Å². The largest absolute Gasteiger partial charge is 0.328 e. The molecule has 0 aromatic rings. The van der Waals surface area contributed by atoms with Gasteiger partial charge in [-0.3, -0.25) is 0 Å². The zero-order valence-electron chi connectivity index (χ0n) is 9.10. The maximum Gasteiger partial charge on any atom is 0.00225 e. The Labute approximate surface area is 82.3 Å². The second-order valence-corrected chi connectivity index (χ2v) is 4.96.